The van der Waals surface area contributed by atoms with Crippen LogP contribution in [0.2, 0.25) is 0 Å². The van der Waals surface area contributed by atoms with E-state index in [0.29, 0.717) is 24.2 Å². The van der Waals surface area contributed by atoms with Gasteiger partial charge in [0.25, 0.3) is 0 Å². The molecule has 0 aliphatic heterocycles. The molecule has 0 aliphatic rings. The van der Waals surface area contributed by atoms with Gasteiger partial charge in [-0.2, -0.15) is 5.26 Å². The normalized spacial score (nSPS) is 9.76. The quantitative estimate of drug-likeness (QED) is 0.720. The molecule has 21 heavy (non-hydrogen) atoms. The summed E-state index contributed by atoms with van der Waals surface area (Å²) in [5, 5.41) is 8.88. The Hall–Kier alpha value is -2.35. The van der Waals surface area contributed by atoms with Gasteiger partial charge in [-0.15, -0.1) is 0 Å². The molecule has 0 atom stereocenters. The summed E-state index contributed by atoms with van der Waals surface area (Å²) in [7, 11) is 0. The zero-order valence-electron chi connectivity index (χ0n) is 12.3. The zero-order valence-corrected chi connectivity index (χ0v) is 12.3. The van der Waals surface area contributed by atoms with Gasteiger partial charge in [0.15, 0.2) is 0 Å². The van der Waals surface area contributed by atoms with Gasteiger partial charge in [0.05, 0.1) is 31.3 Å². The number of rotatable bonds is 7. The first-order valence-electron chi connectivity index (χ1n) is 6.94. The Labute approximate surface area is 124 Å². The second-order valence-corrected chi connectivity index (χ2v) is 4.30. The molecular formula is C16H19NO4. The van der Waals surface area contributed by atoms with E-state index in [0.717, 1.165) is 5.56 Å². The summed E-state index contributed by atoms with van der Waals surface area (Å²) in [5.41, 5.74) is 1.84. The summed E-state index contributed by atoms with van der Waals surface area (Å²) < 4.78 is 9.91. The molecule has 0 amide bonds. The highest BCUT2D eigenvalue weighted by atomic mass is 16.5. The van der Waals surface area contributed by atoms with Crippen LogP contribution in [0.25, 0.3) is 0 Å². The van der Waals surface area contributed by atoms with Crippen molar-refractivity contribution in [3.63, 3.8) is 0 Å². The number of carbonyl (C=O) groups is 2. The number of hydrogen-bond acceptors (Lipinski definition) is 5. The third-order valence-corrected chi connectivity index (χ3v) is 2.92. The second-order valence-electron chi connectivity index (χ2n) is 4.30. The van der Waals surface area contributed by atoms with Crippen molar-refractivity contribution in [3.8, 4) is 6.07 Å². The number of benzene rings is 1. The van der Waals surface area contributed by atoms with Crippen LogP contribution in [0.1, 0.15) is 41.8 Å². The molecule has 0 saturated carbocycles. The number of carbonyl (C=O) groups excluding carboxylic acids is 2. The highest BCUT2D eigenvalue weighted by Gasteiger charge is 2.17. The van der Waals surface area contributed by atoms with Crippen LogP contribution in [-0.4, -0.2) is 25.2 Å². The van der Waals surface area contributed by atoms with Crippen molar-refractivity contribution in [1.29, 1.82) is 5.26 Å². The fraction of sp³-hybridized carbons (Fsp3) is 0.438. The molecule has 5 heteroatoms. The highest BCUT2D eigenvalue weighted by molar-refractivity contribution is 5.91. The van der Waals surface area contributed by atoms with Crippen molar-refractivity contribution in [2.45, 2.75) is 33.1 Å². The molecule has 0 saturated heterocycles. The van der Waals surface area contributed by atoms with E-state index in [1.165, 1.54) is 0 Å². The van der Waals surface area contributed by atoms with E-state index < -0.39 is 5.97 Å². The van der Waals surface area contributed by atoms with Crippen LogP contribution in [0.4, 0.5) is 0 Å². The standard InChI is InChI=1S/C16H19NO4/c1-3-20-15(18)9-8-13-12(10-11-17)6-5-7-14(13)16(19)21-4-2/h5-7H,3-4,8-10H2,1-2H3. The summed E-state index contributed by atoms with van der Waals surface area (Å²) in [6, 6.07) is 7.22. The van der Waals surface area contributed by atoms with Gasteiger partial charge in [-0.1, -0.05) is 12.1 Å². The maximum atomic E-state index is 12.0. The van der Waals surface area contributed by atoms with Gasteiger partial charge in [-0.25, -0.2) is 4.79 Å². The molecule has 0 radical (unpaired) electrons. The second kappa shape index (κ2) is 8.75. The van der Waals surface area contributed by atoms with Gasteiger partial charge in [-0.05, 0) is 37.5 Å². The molecule has 0 heterocycles. The van der Waals surface area contributed by atoms with Gasteiger partial charge in [-0.3, -0.25) is 4.79 Å². The lowest BCUT2D eigenvalue weighted by Gasteiger charge is -2.12. The van der Waals surface area contributed by atoms with Crippen LogP contribution in [0, 0.1) is 11.3 Å². The summed E-state index contributed by atoms with van der Waals surface area (Å²) in [6.45, 7) is 4.07. The zero-order chi connectivity index (χ0) is 15.7. The molecule has 0 bridgehead atoms. The van der Waals surface area contributed by atoms with E-state index in [1.807, 2.05) is 0 Å². The minimum absolute atomic E-state index is 0.169. The Morgan fingerprint density at radius 1 is 1.19 bits per heavy atom. The van der Waals surface area contributed by atoms with Gasteiger partial charge < -0.3 is 9.47 Å². The van der Waals surface area contributed by atoms with Crippen molar-refractivity contribution in [2.75, 3.05) is 13.2 Å². The monoisotopic (exact) mass is 289 g/mol. The van der Waals surface area contributed by atoms with E-state index in [4.69, 9.17) is 14.7 Å². The fourth-order valence-corrected chi connectivity index (χ4v) is 2.04. The van der Waals surface area contributed by atoms with Crippen LogP contribution in [-0.2, 0) is 27.1 Å². The van der Waals surface area contributed by atoms with E-state index in [1.54, 1.807) is 32.0 Å². The fourth-order valence-electron chi connectivity index (χ4n) is 2.04. The summed E-state index contributed by atoms with van der Waals surface area (Å²) >= 11 is 0. The molecule has 0 aliphatic carbocycles. The van der Waals surface area contributed by atoms with Gasteiger partial charge in [0.1, 0.15) is 0 Å². The van der Waals surface area contributed by atoms with Crippen LogP contribution < -0.4 is 0 Å². The molecule has 112 valence electrons. The first-order valence-corrected chi connectivity index (χ1v) is 6.94. The minimum Gasteiger partial charge on any atom is -0.466 e. The van der Waals surface area contributed by atoms with Crippen molar-refractivity contribution < 1.29 is 19.1 Å². The van der Waals surface area contributed by atoms with Crippen LogP contribution in [0.15, 0.2) is 18.2 Å². The van der Waals surface area contributed by atoms with E-state index in [-0.39, 0.29) is 25.4 Å². The SMILES string of the molecule is CCOC(=O)CCc1c(CC#N)cccc1C(=O)OCC. The molecular weight excluding hydrogens is 270 g/mol. The Bertz CT molecular complexity index is 546. The minimum atomic E-state index is -0.434. The lowest BCUT2D eigenvalue weighted by Crippen LogP contribution is -2.12. The highest BCUT2D eigenvalue weighted by Crippen LogP contribution is 2.19. The Balaban J connectivity index is 3.02. The molecule has 1 aromatic rings. The number of ether oxygens (including phenoxy) is 2. The smallest absolute Gasteiger partial charge is 0.338 e. The van der Waals surface area contributed by atoms with E-state index in [9.17, 15) is 9.59 Å². The summed E-state index contributed by atoms with van der Waals surface area (Å²) in [6.07, 6.45) is 0.707. The molecule has 5 nitrogen and oxygen atoms in total. The number of hydrogen-bond donors (Lipinski definition) is 0. The average Bonchev–Trinajstić information content (AvgIpc) is 2.46. The number of nitrogens with zero attached hydrogens (tertiary/aromatic N) is 1. The predicted octanol–water partition coefficient (Wildman–Crippen LogP) is 2.43. The van der Waals surface area contributed by atoms with Crippen molar-refractivity contribution in [1.82, 2.24) is 0 Å². The number of esters is 2. The molecule has 0 spiro atoms. The summed E-state index contributed by atoms with van der Waals surface area (Å²) in [4.78, 5) is 23.5. The van der Waals surface area contributed by atoms with Crippen molar-refractivity contribution in [2.24, 2.45) is 0 Å². The first kappa shape index (κ1) is 16.7. The van der Waals surface area contributed by atoms with Crippen LogP contribution in [0.3, 0.4) is 0 Å². The molecule has 0 aromatic heterocycles. The van der Waals surface area contributed by atoms with Gasteiger partial charge >= 0.3 is 11.9 Å². The van der Waals surface area contributed by atoms with Gasteiger partial charge in [0, 0.05) is 6.42 Å². The molecule has 1 rings (SSSR count). The lowest BCUT2D eigenvalue weighted by atomic mass is 9.95. The van der Waals surface area contributed by atoms with Gasteiger partial charge in [0.2, 0.25) is 0 Å². The Morgan fingerprint density at radius 3 is 2.52 bits per heavy atom. The van der Waals surface area contributed by atoms with Crippen molar-refractivity contribution in [3.05, 3.63) is 34.9 Å². The topological polar surface area (TPSA) is 76.4 Å². The van der Waals surface area contributed by atoms with Crippen LogP contribution in [0.5, 0.6) is 0 Å². The predicted molar refractivity (Wildman–Crippen MR) is 76.7 cm³/mol. The van der Waals surface area contributed by atoms with E-state index >= 15 is 0 Å². The number of nitriles is 1. The molecule has 0 N–H and O–H groups in total. The molecule has 1 aromatic carbocycles. The van der Waals surface area contributed by atoms with Crippen molar-refractivity contribution >= 4 is 11.9 Å². The van der Waals surface area contributed by atoms with Crippen LogP contribution >= 0.6 is 0 Å². The molecule has 0 fully saturated rings. The Morgan fingerprint density at radius 2 is 1.90 bits per heavy atom. The largest absolute Gasteiger partial charge is 0.466 e. The van der Waals surface area contributed by atoms with E-state index in [2.05, 4.69) is 6.07 Å². The maximum absolute atomic E-state index is 12.0. The first-order chi connectivity index (χ1) is 10.1. The Kier molecular flexibility index (Phi) is 6.96. The third kappa shape index (κ3) is 4.92. The third-order valence-electron chi connectivity index (χ3n) is 2.92. The summed E-state index contributed by atoms with van der Waals surface area (Å²) in [5.74, 6) is -0.754. The maximum Gasteiger partial charge on any atom is 0.338 e. The average molecular weight is 289 g/mol. The molecule has 0 unspecified atom stereocenters. The lowest BCUT2D eigenvalue weighted by molar-refractivity contribution is -0.143.